The lowest BCUT2D eigenvalue weighted by atomic mass is 9.97. The van der Waals surface area contributed by atoms with Crippen molar-refractivity contribution in [3.63, 3.8) is 0 Å². The van der Waals surface area contributed by atoms with Gasteiger partial charge in [0.2, 0.25) is 15.9 Å². The van der Waals surface area contributed by atoms with Crippen LogP contribution in [0.2, 0.25) is 0 Å². The van der Waals surface area contributed by atoms with E-state index >= 15 is 0 Å². The molecule has 2 saturated heterocycles. The fraction of sp³-hybridized carbons (Fsp3) is 0.667. The maximum absolute atomic E-state index is 13.0. The fourth-order valence-electron chi connectivity index (χ4n) is 4.36. The zero-order valence-electron chi connectivity index (χ0n) is 17.5. The predicted octanol–water partition coefficient (Wildman–Crippen LogP) is 0.669. The van der Waals surface area contributed by atoms with Gasteiger partial charge in [-0.3, -0.25) is 4.79 Å². The number of methoxy groups -OCH3 is 1. The molecule has 1 aromatic rings. The van der Waals surface area contributed by atoms with Crippen molar-refractivity contribution in [3.05, 3.63) is 24.3 Å². The van der Waals surface area contributed by atoms with Crippen LogP contribution in [-0.2, 0) is 14.8 Å². The maximum Gasteiger partial charge on any atom is 0.243 e. The Balaban J connectivity index is 1.57. The van der Waals surface area contributed by atoms with Crippen LogP contribution in [0.25, 0.3) is 0 Å². The van der Waals surface area contributed by atoms with E-state index in [0.717, 1.165) is 32.4 Å². The second-order valence-corrected chi connectivity index (χ2v) is 10.1. The Hall–Kier alpha value is -1.64. The third kappa shape index (κ3) is 5.49. The Bertz CT molecular complexity index is 774. The normalized spacial score (nSPS) is 26.1. The van der Waals surface area contributed by atoms with E-state index < -0.39 is 10.0 Å². The number of hydrogen-bond acceptors (Lipinski definition) is 4. The van der Waals surface area contributed by atoms with Gasteiger partial charge in [0.25, 0.3) is 0 Å². The molecule has 1 atom stereocenters. The summed E-state index contributed by atoms with van der Waals surface area (Å²) < 4.78 is 32.5. The standard InChI is InChI=1S/C21H33N3O4S/c1-3-12-23-14-10-18(11-15-23)22-21(25)17-5-4-13-24(16-17)29(26,27)20-8-6-19(28-2)7-9-20/h6-9,17-18H,3-5,10-16H2,1-2H3,(H,22,25)/p+1/t17-/m1/s1. The van der Waals surface area contributed by atoms with Crippen LogP contribution < -0.4 is 15.0 Å². The fourth-order valence-corrected chi connectivity index (χ4v) is 5.89. The second-order valence-electron chi connectivity index (χ2n) is 8.16. The first-order chi connectivity index (χ1) is 13.9. The van der Waals surface area contributed by atoms with Crippen LogP contribution in [0.4, 0.5) is 0 Å². The van der Waals surface area contributed by atoms with Gasteiger partial charge in [-0.1, -0.05) is 6.92 Å². The largest absolute Gasteiger partial charge is 0.497 e. The summed E-state index contributed by atoms with van der Waals surface area (Å²) in [7, 11) is -2.06. The molecule has 29 heavy (non-hydrogen) atoms. The van der Waals surface area contributed by atoms with Crippen LogP contribution in [-0.4, -0.2) is 64.5 Å². The number of carbonyl (C=O) groups is 1. The first-order valence-corrected chi connectivity index (χ1v) is 12.2. The number of piperidine rings is 2. The summed E-state index contributed by atoms with van der Waals surface area (Å²) in [6.45, 7) is 6.30. The number of quaternary nitrogens is 1. The van der Waals surface area contributed by atoms with Crippen molar-refractivity contribution in [2.75, 3.05) is 39.8 Å². The number of hydrogen-bond donors (Lipinski definition) is 2. The Morgan fingerprint density at radius 1 is 1.21 bits per heavy atom. The molecule has 1 aromatic carbocycles. The van der Waals surface area contributed by atoms with Crippen molar-refractivity contribution in [2.24, 2.45) is 5.92 Å². The number of rotatable bonds is 7. The third-order valence-corrected chi connectivity index (χ3v) is 7.97. The van der Waals surface area contributed by atoms with Gasteiger partial charge in [-0.25, -0.2) is 8.42 Å². The van der Waals surface area contributed by atoms with Gasteiger partial charge in [0, 0.05) is 32.0 Å². The molecule has 0 spiro atoms. The molecule has 8 heteroatoms. The van der Waals surface area contributed by atoms with Crippen molar-refractivity contribution in [3.8, 4) is 5.75 Å². The molecule has 0 unspecified atom stereocenters. The molecule has 2 aliphatic heterocycles. The van der Waals surface area contributed by atoms with Gasteiger partial charge in [-0.15, -0.1) is 0 Å². The first-order valence-electron chi connectivity index (χ1n) is 10.7. The Kier molecular flexibility index (Phi) is 7.54. The van der Waals surface area contributed by atoms with Crippen molar-refractivity contribution >= 4 is 15.9 Å². The molecule has 1 amide bonds. The van der Waals surface area contributed by atoms with E-state index in [1.807, 2.05) is 0 Å². The molecule has 0 aliphatic carbocycles. The number of ether oxygens (including phenoxy) is 1. The summed E-state index contributed by atoms with van der Waals surface area (Å²) in [6.07, 6.45) is 4.63. The third-order valence-electron chi connectivity index (χ3n) is 6.09. The smallest absolute Gasteiger partial charge is 0.243 e. The summed E-state index contributed by atoms with van der Waals surface area (Å²) in [5, 5.41) is 3.19. The minimum atomic E-state index is -3.61. The summed E-state index contributed by atoms with van der Waals surface area (Å²) >= 11 is 0. The Morgan fingerprint density at radius 2 is 1.90 bits per heavy atom. The van der Waals surface area contributed by atoms with E-state index in [0.29, 0.717) is 18.7 Å². The van der Waals surface area contributed by atoms with Gasteiger partial charge in [-0.05, 0) is 43.5 Å². The molecule has 0 bridgehead atoms. The highest BCUT2D eigenvalue weighted by molar-refractivity contribution is 7.89. The molecular weight excluding hydrogens is 390 g/mol. The maximum atomic E-state index is 13.0. The van der Waals surface area contributed by atoms with Crippen molar-refractivity contribution < 1.29 is 22.8 Å². The van der Waals surface area contributed by atoms with E-state index in [1.165, 1.54) is 17.3 Å². The number of sulfonamides is 1. The predicted molar refractivity (Wildman–Crippen MR) is 111 cm³/mol. The number of benzene rings is 1. The Morgan fingerprint density at radius 3 is 2.52 bits per heavy atom. The quantitative estimate of drug-likeness (QED) is 0.674. The molecule has 2 heterocycles. The minimum Gasteiger partial charge on any atom is -0.497 e. The van der Waals surface area contributed by atoms with E-state index in [9.17, 15) is 13.2 Å². The van der Waals surface area contributed by atoms with Crippen molar-refractivity contribution in [2.45, 2.75) is 50.0 Å². The number of nitrogens with one attached hydrogen (secondary N) is 2. The van der Waals surface area contributed by atoms with Gasteiger partial charge in [0.05, 0.1) is 37.6 Å². The molecule has 3 rings (SSSR count). The average Bonchev–Trinajstić information content (AvgIpc) is 2.75. The SMILES string of the molecule is CCC[NH+]1CCC(NC(=O)[C@@H]2CCCN(S(=O)(=O)c3ccc(OC)cc3)C2)CC1. The molecule has 0 aromatic heterocycles. The summed E-state index contributed by atoms with van der Waals surface area (Å²) in [5.41, 5.74) is 0. The van der Waals surface area contributed by atoms with Crippen LogP contribution in [0.15, 0.2) is 29.2 Å². The molecule has 7 nitrogen and oxygen atoms in total. The van der Waals surface area contributed by atoms with Gasteiger partial charge in [0.15, 0.2) is 0 Å². The molecule has 0 radical (unpaired) electrons. The number of likely N-dealkylation sites (tertiary alicyclic amines) is 1. The van der Waals surface area contributed by atoms with Gasteiger partial charge >= 0.3 is 0 Å². The van der Waals surface area contributed by atoms with E-state index in [-0.39, 0.29) is 29.3 Å². The number of carbonyl (C=O) groups excluding carboxylic acids is 1. The lowest BCUT2D eigenvalue weighted by Gasteiger charge is -2.34. The number of amides is 1. The van der Waals surface area contributed by atoms with E-state index in [4.69, 9.17) is 4.74 Å². The van der Waals surface area contributed by atoms with E-state index in [1.54, 1.807) is 36.3 Å². The lowest BCUT2D eigenvalue weighted by Crippen LogP contribution is -3.13. The Labute approximate surface area is 174 Å². The van der Waals surface area contributed by atoms with Crippen molar-refractivity contribution in [1.29, 1.82) is 0 Å². The molecule has 2 aliphatic rings. The monoisotopic (exact) mass is 424 g/mol. The zero-order chi connectivity index (χ0) is 20.9. The highest BCUT2D eigenvalue weighted by Gasteiger charge is 2.34. The molecular formula is C21H34N3O4S+. The highest BCUT2D eigenvalue weighted by atomic mass is 32.2. The first kappa shape index (κ1) is 22.1. The summed E-state index contributed by atoms with van der Waals surface area (Å²) in [4.78, 5) is 14.7. The molecule has 2 N–H and O–H groups in total. The summed E-state index contributed by atoms with van der Waals surface area (Å²) in [6, 6.07) is 6.63. The van der Waals surface area contributed by atoms with Crippen molar-refractivity contribution in [1.82, 2.24) is 9.62 Å². The molecule has 0 saturated carbocycles. The van der Waals surface area contributed by atoms with Crippen LogP contribution in [0.3, 0.4) is 0 Å². The number of nitrogens with zero attached hydrogens (tertiary/aromatic N) is 1. The minimum absolute atomic E-state index is 0.00331. The van der Waals surface area contributed by atoms with Crippen LogP contribution >= 0.6 is 0 Å². The van der Waals surface area contributed by atoms with E-state index in [2.05, 4.69) is 12.2 Å². The molecule has 2 fully saturated rings. The van der Waals surface area contributed by atoms with Gasteiger partial charge in [0.1, 0.15) is 5.75 Å². The van der Waals surface area contributed by atoms with Crippen LogP contribution in [0, 0.1) is 5.92 Å². The highest BCUT2D eigenvalue weighted by Crippen LogP contribution is 2.25. The van der Waals surface area contributed by atoms with Crippen LogP contribution in [0.5, 0.6) is 5.75 Å². The lowest BCUT2D eigenvalue weighted by molar-refractivity contribution is -0.905. The van der Waals surface area contributed by atoms with Gasteiger partial charge < -0.3 is 15.0 Å². The zero-order valence-corrected chi connectivity index (χ0v) is 18.3. The van der Waals surface area contributed by atoms with Gasteiger partial charge in [-0.2, -0.15) is 4.31 Å². The second kappa shape index (κ2) is 9.91. The topological polar surface area (TPSA) is 80.2 Å². The average molecular weight is 425 g/mol. The summed E-state index contributed by atoms with van der Waals surface area (Å²) in [5.74, 6) is 0.341. The van der Waals surface area contributed by atoms with Crippen LogP contribution in [0.1, 0.15) is 39.0 Å². The molecule has 162 valence electrons.